The van der Waals surface area contributed by atoms with Gasteiger partial charge in [0.2, 0.25) is 0 Å². The van der Waals surface area contributed by atoms with Crippen molar-refractivity contribution in [3.63, 3.8) is 0 Å². The minimum atomic E-state index is -0.632. The fourth-order valence-electron chi connectivity index (χ4n) is 8.13. The van der Waals surface area contributed by atoms with E-state index in [2.05, 4.69) is 20.4 Å². The quantitative estimate of drug-likeness (QED) is 0.703. The Morgan fingerprint density at radius 1 is 1.00 bits per heavy atom. The summed E-state index contributed by atoms with van der Waals surface area (Å²) in [6.07, 6.45) is 12.2. The Hall–Kier alpha value is -0.630. The maximum absolute atomic E-state index is 12.2. The number of carbonyl (C=O) groups excluding carboxylic acids is 1. The van der Waals surface area contributed by atoms with E-state index in [0.717, 1.165) is 43.4 Å². The highest BCUT2D eigenvalue weighted by atomic mass is 16.3. The molecule has 0 saturated heterocycles. The van der Waals surface area contributed by atoms with Gasteiger partial charge in [-0.15, -0.1) is 6.58 Å². The van der Waals surface area contributed by atoms with Crippen LogP contribution in [0.3, 0.4) is 0 Å². The molecule has 0 unspecified atom stereocenters. The zero-order chi connectivity index (χ0) is 18.0. The molecule has 0 aromatic carbocycles. The van der Waals surface area contributed by atoms with Crippen LogP contribution >= 0.6 is 0 Å². The summed E-state index contributed by atoms with van der Waals surface area (Å²) < 4.78 is 0. The highest BCUT2D eigenvalue weighted by Gasteiger charge is 2.61. The first-order valence-corrected chi connectivity index (χ1v) is 10.6. The van der Waals surface area contributed by atoms with Crippen molar-refractivity contribution in [1.82, 2.24) is 0 Å². The normalized spacial score (nSPS) is 55.0. The van der Waals surface area contributed by atoms with E-state index in [9.17, 15) is 9.90 Å². The van der Waals surface area contributed by atoms with Crippen molar-refractivity contribution in [2.75, 3.05) is 0 Å². The van der Waals surface area contributed by atoms with Crippen molar-refractivity contribution in [3.05, 3.63) is 12.7 Å². The van der Waals surface area contributed by atoms with E-state index in [-0.39, 0.29) is 5.41 Å². The first-order chi connectivity index (χ1) is 11.7. The van der Waals surface area contributed by atoms with E-state index in [1.54, 1.807) is 6.08 Å². The summed E-state index contributed by atoms with van der Waals surface area (Å²) >= 11 is 0. The molecule has 0 aromatic rings. The van der Waals surface area contributed by atoms with Gasteiger partial charge < -0.3 is 5.11 Å². The Morgan fingerprint density at radius 3 is 2.40 bits per heavy atom. The molecule has 0 spiro atoms. The van der Waals surface area contributed by atoms with Crippen LogP contribution < -0.4 is 0 Å². The summed E-state index contributed by atoms with van der Waals surface area (Å²) in [5.74, 6) is 3.72. The van der Waals surface area contributed by atoms with Crippen LogP contribution in [0.4, 0.5) is 0 Å². The van der Waals surface area contributed by atoms with E-state index in [0.29, 0.717) is 23.0 Å². The first kappa shape index (κ1) is 17.8. The van der Waals surface area contributed by atoms with Gasteiger partial charge >= 0.3 is 0 Å². The van der Waals surface area contributed by atoms with Gasteiger partial charge in [0.05, 0.1) is 5.60 Å². The second kappa shape index (κ2) is 5.68. The Morgan fingerprint density at radius 2 is 1.72 bits per heavy atom. The van der Waals surface area contributed by atoms with Gasteiger partial charge in [0.25, 0.3) is 0 Å². The van der Waals surface area contributed by atoms with Gasteiger partial charge in [0.1, 0.15) is 5.78 Å². The summed E-state index contributed by atoms with van der Waals surface area (Å²) in [6.45, 7) is 10.7. The second-order valence-electron chi connectivity index (χ2n) is 10.5. The third-order valence-corrected chi connectivity index (χ3v) is 9.63. The molecule has 0 amide bonds. The Bertz CT molecular complexity index is 583. The Balaban J connectivity index is 1.60. The van der Waals surface area contributed by atoms with E-state index in [4.69, 9.17) is 0 Å². The molecule has 4 fully saturated rings. The molecule has 2 heteroatoms. The second-order valence-corrected chi connectivity index (χ2v) is 10.5. The van der Waals surface area contributed by atoms with Gasteiger partial charge in [-0.3, -0.25) is 4.79 Å². The summed E-state index contributed by atoms with van der Waals surface area (Å²) in [5, 5.41) is 10.8. The van der Waals surface area contributed by atoms with Gasteiger partial charge in [-0.1, -0.05) is 19.9 Å². The van der Waals surface area contributed by atoms with Crippen LogP contribution in [0.15, 0.2) is 12.7 Å². The van der Waals surface area contributed by atoms with Gasteiger partial charge in [0.15, 0.2) is 0 Å². The van der Waals surface area contributed by atoms with Gasteiger partial charge in [-0.2, -0.15) is 0 Å². The number of ketones is 1. The number of rotatable bonds is 2. The lowest BCUT2D eigenvalue weighted by Gasteiger charge is -2.61. The molecule has 0 bridgehead atoms. The van der Waals surface area contributed by atoms with Gasteiger partial charge in [-0.05, 0) is 99.2 Å². The predicted molar refractivity (Wildman–Crippen MR) is 101 cm³/mol. The van der Waals surface area contributed by atoms with E-state index in [1.807, 2.05) is 6.92 Å². The fraction of sp³-hybridized carbons (Fsp3) is 0.870. The molecule has 1 N–H and O–H groups in total. The summed E-state index contributed by atoms with van der Waals surface area (Å²) in [5.41, 5.74) is 0.00773. The molecule has 0 radical (unpaired) electrons. The van der Waals surface area contributed by atoms with E-state index in [1.165, 1.54) is 32.1 Å². The average Bonchev–Trinajstić information content (AvgIpc) is 2.93. The molecule has 4 aliphatic rings. The topological polar surface area (TPSA) is 37.3 Å². The number of hydrogen-bond donors (Lipinski definition) is 1. The first-order valence-electron chi connectivity index (χ1n) is 10.6. The smallest absolute Gasteiger partial charge is 0.133 e. The number of fused-ring (bicyclic) bond motifs is 5. The molecule has 4 saturated carbocycles. The monoisotopic (exact) mass is 344 g/mol. The molecule has 0 heterocycles. The van der Waals surface area contributed by atoms with Crippen molar-refractivity contribution in [2.45, 2.75) is 84.2 Å². The standard InChI is InChI=1S/C23H36O2/c1-5-23(25)13-12-21(3)16(14-23)6-7-17-19-9-8-18(15(2)24)22(19,4)11-10-20(17)21/h5,16-20,25H,1,6-14H2,2-4H3/t16-,17+,18-,19+,20+,21+,22-,23+/m1/s1. The minimum absolute atomic E-state index is 0.257. The van der Waals surface area contributed by atoms with Gasteiger partial charge in [-0.25, -0.2) is 0 Å². The van der Waals surface area contributed by atoms with Crippen LogP contribution in [0, 0.1) is 40.4 Å². The lowest BCUT2D eigenvalue weighted by Crippen LogP contribution is -2.55. The molecule has 140 valence electrons. The zero-order valence-electron chi connectivity index (χ0n) is 16.4. The summed E-state index contributed by atoms with van der Waals surface area (Å²) in [6, 6.07) is 0. The molecule has 4 rings (SSSR count). The Labute approximate surface area is 153 Å². The minimum Gasteiger partial charge on any atom is -0.386 e. The largest absolute Gasteiger partial charge is 0.386 e. The molecule has 8 atom stereocenters. The Kier molecular flexibility index (Phi) is 4.04. The number of Topliss-reactive ketones (excluding diaryl/α,β-unsaturated/α-hetero) is 1. The molecular weight excluding hydrogens is 308 g/mol. The van der Waals surface area contributed by atoms with Crippen molar-refractivity contribution in [3.8, 4) is 0 Å². The SMILES string of the molecule is C=C[C@]1(O)CC[C@@]2(C)[C@H](CC[C@@H]3[C@@H]2CC[C@]2(C)[C@@H](C(C)=O)CC[C@@H]32)C1. The van der Waals surface area contributed by atoms with Crippen molar-refractivity contribution in [1.29, 1.82) is 0 Å². The van der Waals surface area contributed by atoms with Gasteiger partial charge in [0, 0.05) is 5.92 Å². The van der Waals surface area contributed by atoms with E-state index >= 15 is 0 Å². The zero-order valence-corrected chi connectivity index (χ0v) is 16.4. The molecule has 0 aliphatic heterocycles. The summed E-state index contributed by atoms with van der Waals surface area (Å²) in [7, 11) is 0. The molecule has 4 aliphatic carbocycles. The number of aliphatic hydroxyl groups is 1. The van der Waals surface area contributed by atoms with Crippen LogP contribution in [0.2, 0.25) is 0 Å². The molecule has 25 heavy (non-hydrogen) atoms. The fourth-order valence-corrected chi connectivity index (χ4v) is 8.13. The highest BCUT2D eigenvalue weighted by molar-refractivity contribution is 5.79. The van der Waals surface area contributed by atoms with Crippen LogP contribution in [0.25, 0.3) is 0 Å². The summed E-state index contributed by atoms with van der Waals surface area (Å²) in [4.78, 5) is 12.2. The van der Waals surface area contributed by atoms with Crippen molar-refractivity contribution in [2.24, 2.45) is 40.4 Å². The van der Waals surface area contributed by atoms with Crippen LogP contribution in [-0.4, -0.2) is 16.5 Å². The van der Waals surface area contributed by atoms with E-state index < -0.39 is 5.60 Å². The highest BCUT2D eigenvalue weighted by Crippen LogP contribution is 2.68. The predicted octanol–water partition coefficient (Wildman–Crippen LogP) is 5.15. The maximum Gasteiger partial charge on any atom is 0.133 e. The molecular formula is C23H36O2. The molecule has 2 nitrogen and oxygen atoms in total. The lowest BCUT2D eigenvalue weighted by atomic mass is 9.44. The number of hydrogen-bond acceptors (Lipinski definition) is 2. The average molecular weight is 345 g/mol. The van der Waals surface area contributed by atoms with Crippen molar-refractivity contribution >= 4 is 5.78 Å². The molecule has 0 aromatic heterocycles. The third-order valence-electron chi connectivity index (χ3n) is 9.63. The van der Waals surface area contributed by atoms with Crippen molar-refractivity contribution < 1.29 is 9.90 Å². The van der Waals surface area contributed by atoms with Crippen LogP contribution in [-0.2, 0) is 4.79 Å². The van der Waals surface area contributed by atoms with Crippen LogP contribution in [0.5, 0.6) is 0 Å². The van der Waals surface area contributed by atoms with Crippen LogP contribution in [0.1, 0.15) is 78.6 Å². The lowest BCUT2D eigenvalue weighted by molar-refractivity contribution is -0.145. The number of carbonyl (C=O) groups is 1. The maximum atomic E-state index is 12.2. The third kappa shape index (κ3) is 2.42.